The highest BCUT2D eigenvalue weighted by Gasteiger charge is 2.26. The number of hydrogen-bond acceptors (Lipinski definition) is 3. The maximum Gasteiger partial charge on any atom is 0.234 e. The number of carbonyl (C=O) groups is 1. The van der Waals surface area contributed by atoms with E-state index in [9.17, 15) is 4.79 Å². The van der Waals surface area contributed by atoms with E-state index in [-0.39, 0.29) is 5.91 Å². The Morgan fingerprint density at radius 2 is 2.00 bits per heavy atom. The molecule has 2 rings (SSSR count). The minimum absolute atomic E-state index is 0.184. The number of amides is 1. The Hall–Kier alpha value is -0.220. The fourth-order valence-electron chi connectivity index (χ4n) is 2.65. The van der Waals surface area contributed by atoms with Gasteiger partial charge in [0, 0.05) is 11.3 Å². The summed E-state index contributed by atoms with van der Waals surface area (Å²) in [5.41, 5.74) is 0. The van der Waals surface area contributed by atoms with Gasteiger partial charge in [-0.3, -0.25) is 4.79 Å². The molecule has 0 spiro atoms. The Morgan fingerprint density at radius 1 is 1.22 bits per heavy atom. The molecule has 4 heteroatoms. The van der Waals surface area contributed by atoms with Crippen molar-refractivity contribution in [2.75, 3.05) is 18.8 Å². The number of carbonyl (C=O) groups excluding carboxylic acids is 1. The van der Waals surface area contributed by atoms with E-state index in [0.29, 0.717) is 17.8 Å². The Labute approximate surface area is 115 Å². The molecule has 3 nitrogen and oxygen atoms in total. The lowest BCUT2D eigenvalue weighted by Crippen LogP contribution is -2.47. The zero-order valence-corrected chi connectivity index (χ0v) is 12.2. The van der Waals surface area contributed by atoms with Gasteiger partial charge < -0.3 is 10.6 Å². The number of hydrogen-bond donors (Lipinski definition) is 2. The maximum atomic E-state index is 11.9. The molecule has 0 bridgehead atoms. The molecule has 104 valence electrons. The van der Waals surface area contributed by atoms with Gasteiger partial charge in [0.1, 0.15) is 0 Å². The number of nitrogens with one attached hydrogen (secondary N) is 2. The van der Waals surface area contributed by atoms with Crippen molar-refractivity contribution in [2.45, 2.75) is 56.7 Å². The third-order valence-corrected chi connectivity index (χ3v) is 5.17. The van der Waals surface area contributed by atoms with E-state index >= 15 is 0 Å². The Balaban J connectivity index is 1.66. The normalized spacial score (nSPS) is 28.1. The summed E-state index contributed by atoms with van der Waals surface area (Å²) in [6, 6.07) is 0.402. The van der Waals surface area contributed by atoms with E-state index < -0.39 is 0 Å². The van der Waals surface area contributed by atoms with Gasteiger partial charge in [-0.05, 0) is 43.9 Å². The van der Waals surface area contributed by atoms with Crippen molar-refractivity contribution in [1.82, 2.24) is 10.6 Å². The highest BCUT2D eigenvalue weighted by Crippen LogP contribution is 2.29. The molecule has 0 aromatic heterocycles. The molecule has 0 radical (unpaired) electrons. The summed E-state index contributed by atoms with van der Waals surface area (Å²) in [5, 5.41) is 7.13. The van der Waals surface area contributed by atoms with E-state index in [2.05, 4.69) is 17.6 Å². The second-order valence-corrected chi connectivity index (χ2v) is 7.04. The first-order chi connectivity index (χ1) is 8.79. The first-order valence-corrected chi connectivity index (χ1v) is 8.46. The topological polar surface area (TPSA) is 41.1 Å². The molecule has 2 atom stereocenters. The van der Waals surface area contributed by atoms with E-state index in [4.69, 9.17) is 0 Å². The predicted molar refractivity (Wildman–Crippen MR) is 77.9 cm³/mol. The molecule has 0 aromatic carbocycles. The average molecular weight is 270 g/mol. The molecule has 1 amide bonds. The van der Waals surface area contributed by atoms with E-state index in [0.717, 1.165) is 24.6 Å². The summed E-state index contributed by atoms with van der Waals surface area (Å²) in [5.74, 6) is 2.18. The first kappa shape index (κ1) is 14.2. The standard InChI is InChI=1S/C14H26N2OS/c1-2-18-13-6-4-3-5-12(13)16-14(17)10-15-9-11-7-8-11/h11-13,15H,2-10H2,1H3,(H,16,17). The van der Waals surface area contributed by atoms with Crippen LogP contribution in [0.15, 0.2) is 0 Å². The van der Waals surface area contributed by atoms with Crippen molar-refractivity contribution in [1.29, 1.82) is 0 Å². The van der Waals surface area contributed by atoms with Gasteiger partial charge in [-0.1, -0.05) is 19.8 Å². The predicted octanol–water partition coefficient (Wildman–Crippen LogP) is 2.17. The summed E-state index contributed by atoms with van der Waals surface area (Å²) in [4.78, 5) is 11.9. The van der Waals surface area contributed by atoms with Gasteiger partial charge in [-0.2, -0.15) is 11.8 Å². The van der Waals surface area contributed by atoms with Crippen molar-refractivity contribution in [3.05, 3.63) is 0 Å². The third kappa shape index (κ3) is 4.81. The molecule has 0 heterocycles. The van der Waals surface area contributed by atoms with Gasteiger partial charge in [0.2, 0.25) is 5.91 Å². The average Bonchev–Trinajstić information content (AvgIpc) is 3.16. The summed E-state index contributed by atoms with van der Waals surface area (Å²) in [6.45, 7) is 3.72. The lowest BCUT2D eigenvalue weighted by Gasteiger charge is -2.31. The van der Waals surface area contributed by atoms with Crippen LogP contribution in [0.5, 0.6) is 0 Å². The minimum atomic E-state index is 0.184. The van der Waals surface area contributed by atoms with Crippen LogP contribution in [0.4, 0.5) is 0 Å². The van der Waals surface area contributed by atoms with Gasteiger partial charge in [-0.15, -0.1) is 0 Å². The van der Waals surface area contributed by atoms with Gasteiger partial charge in [0.15, 0.2) is 0 Å². The molecule has 2 saturated carbocycles. The molecular weight excluding hydrogens is 244 g/mol. The molecule has 0 aliphatic heterocycles. The van der Waals surface area contributed by atoms with E-state index in [1.54, 1.807) is 0 Å². The lowest BCUT2D eigenvalue weighted by molar-refractivity contribution is -0.121. The quantitative estimate of drug-likeness (QED) is 0.745. The van der Waals surface area contributed by atoms with Gasteiger partial charge >= 0.3 is 0 Å². The molecule has 18 heavy (non-hydrogen) atoms. The van der Waals surface area contributed by atoms with Gasteiger partial charge in [0.05, 0.1) is 6.54 Å². The first-order valence-electron chi connectivity index (χ1n) is 7.41. The molecule has 2 aliphatic carbocycles. The van der Waals surface area contributed by atoms with Crippen LogP contribution in [-0.4, -0.2) is 36.0 Å². The van der Waals surface area contributed by atoms with Crippen LogP contribution in [0, 0.1) is 5.92 Å². The van der Waals surface area contributed by atoms with Crippen molar-refractivity contribution in [3.63, 3.8) is 0 Å². The van der Waals surface area contributed by atoms with Crippen LogP contribution in [-0.2, 0) is 4.79 Å². The van der Waals surface area contributed by atoms with Crippen molar-refractivity contribution >= 4 is 17.7 Å². The van der Waals surface area contributed by atoms with Crippen LogP contribution >= 0.6 is 11.8 Å². The van der Waals surface area contributed by atoms with Crippen LogP contribution < -0.4 is 10.6 Å². The van der Waals surface area contributed by atoms with Crippen molar-refractivity contribution < 1.29 is 4.79 Å². The Morgan fingerprint density at radius 3 is 2.72 bits per heavy atom. The lowest BCUT2D eigenvalue weighted by atomic mass is 9.95. The zero-order chi connectivity index (χ0) is 12.8. The monoisotopic (exact) mass is 270 g/mol. The van der Waals surface area contributed by atoms with Gasteiger partial charge in [0.25, 0.3) is 0 Å². The highest BCUT2D eigenvalue weighted by molar-refractivity contribution is 7.99. The Bertz CT molecular complexity index is 267. The van der Waals surface area contributed by atoms with Crippen LogP contribution in [0.3, 0.4) is 0 Å². The summed E-state index contributed by atoms with van der Waals surface area (Å²) in [7, 11) is 0. The second-order valence-electron chi connectivity index (χ2n) is 5.53. The maximum absolute atomic E-state index is 11.9. The second kappa shape index (κ2) is 7.39. The number of rotatable bonds is 7. The minimum Gasteiger partial charge on any atom is -0.351 e. The zero-order valence-electron chi connectivity index (χ0n) is 11.4. The van der Waals surface area contributed by atoms with Crippen LogP contribution in [0.2, 0.25) is 0 Å². The van der Waals surface area contributed by atoms with Gasteiger partial charge in [-0.25, -0.2) is 0 Å². The third-order valence-electron chi connectivity index (χ3n) is 3.85. The summed E-state index contributed by atoms with van der Waals surface area (Å²) in [6.07, 6.45) is 7.69. The smallest absolute Gasteiger partial charge is 0.234 e. The fraction of sp³-hybridized carbons (Fsp3) is 0.929. The summed E-state index contributed by atoms with van der Waals surface area (Å²) >= 11 is 2.01. The molecule has 0 saturated heterocycles. The fourth-order valence-corrected chi connectivity index (χ4v) is 3.84. The molecule has 0 aromatic rings. The summed E-state index contributed by atoms with van der Waals surface area (Å²) < 4.78 is 0. The van der Waals surface area contributed by atoms with Crippen LogP contribution in [0.25, 0.3) is 0 Å². The molecule has 2 N–H and O–H groups in total. The number of thioether (sulfide) groups is 1. The largest absolute Gasteiger partial charge is 0.351 e. The molecule has 2 unspecified atom stereocenters. The van der Waals surface area contributed by atoms with E-state index in [1.165, 1.54) is 32.1 Å². The van der Waals surface area contributed by atoms with Crippen LogP contribution in [0.1, 0.15) is 45.4 Å². The molecule has 2 aliphatic rings. The molecule has 2 fully saturated rings. The SMILES string of the molecule is CCSC1CCCCC1NC(=O)CNCC1CC1. The van der Waals surface area contributed by atoms with E-state index in [1.807, 2.05) is 11.8 Å². The Kier molecular flexibility index (Phi) is 5.83. The molecular formula is C14H26N2OS. The highest BCUT2D eigenvalue weighted by atomic mass is 32.2. The van der Waals surface area contributed by atoms with Crippen molar-refractivity contribution in [2.24, 2.45) is 5.92 Å². The van der Waals surface area contributed by atoms with Crippen molar-refractivity contribution in [3.8, 4) is 0 Å².